The largest absolute Gasteiger partial charge is 1.00 e. The number of hydrogen-bond donors (Lipinski definition) is 12. The molecule has 27 nitrogen and oxygen atoms in total. The van der Waals surface area contributed by atoms with E-state index in [2.05, 4.69) is 19.9 Å². The van der Waals surface area contributed by atoms with E-state index in [0.717, 1.165) is 12.0 Å². The summed E-state index contributed by atoms with van der Waals surface area (Å²) in [5.74, 6) is -0.570. The maximum atomic E-state index is 13.0. The molecule has 32 atom stereocenters. The maximum absolute atomic E-state index is 13.0. The summed E-state index contributed by atoms with van der Waals surface area (Å²) in [4.78, 5) is 13.0. The van der Waals surface area contributed by atoms with Gasteiger partial charge >= 0.3 is 29.6 Å². The molecule has 0 spiro atoms. The Hall–Kier alpha value is -0.600. The third kappa shape index (κ3) is 12.4. The number of rotatable bonds is 14. The van der Waals surface area contributed by atoms with Crippen LogP contribution in [0.25, 0.3) is 0 Å². The molecule has 8 fully saturated rings. The number of aliphatic hydroxyl groups excluding tert-OH is 12. The van der Waals surface area contributed by atoms with Crippen molar-refractivity contribution in [3.63, 3.8) is 0 Å². The smallest absolute Gasteiger partial charge is 0.726 e. The molecule has 0 amide bonds. The van der Waals surface area contributed by atoms with Gasteiger partial charge in [0, 0.05) is 5.92 Å². The fraction of sp³-hybridized carbons (Fsp3) is 0.940. The van der Waals surface area contributed by atoms with Crippen LogP contribution in [0, 0.1) is 34.5 Å². The average molecular weight is 1170 g/mol. The maximum Gasteiger partial charge on any atom is 1.00 e. The second kappa shape index (κ2) is 25.0. The van der Waals surface area contributed by atoms with Crippen LogP contribution in [0.15, 0.2) is 11.6 Å². The minimum atomic E-state index is -5.10. The zero-order valence-electron chi connectivity index (χ0n) is 45.2. The van der Waals surface area contributed by atoms with Gasteiger partial charge in [-0.15, -0.1) is 0 Å². The molecule has 0 radical (unpaired) electrons. The van der Waals surface area contributed by atoms with Crippen LogP contribution in [0.1, 0.15) is 86.5 Å². The van der Waals surface area contributed by atoms with Crippen molar-refractivity contribution < 1.29 is 160 Å². The SMILES string of the molecule is CC(=O)[C@H]1CCC2C3C[C@H](OC4OC(C)C(O)C(OC5OCC(OC6OC(CO)C(O)C(O)C6OC6OC(C)C(O)C(O)C6O)C(O)C5OC5OC(C)C(O)C(O)C5O)C4O)[C@H]4C[C@@H](OS(=O)(=O)[O-])CC[C@]4(C)C3=CC[C@@]21C.[Na+]. The van der Waals surface area contributed by atoms with Crippen molar-refractivity contribution in [1.29, 1.82) is 0 Å². The minimum Gasteiger partial charge on any atom is -0.726 e. The van der Waals surface area contributed by atoms with Crippen LogP contribution in [0.2, 0.25) is 0 Å². The Morgan fingerprint density at radius 3 is 1.73 bits per heavy atom. The second-order valence-corrected chi connectivity index (χ2v) is 24.6. The van der Waals surface area contributed by atoms with Crippen LogP contribution in [0.4, 0.5) is 0 Å². The molecule has 5 heterocycles. The number of carbonyl (C=O) groups is 1. The summed E-state index contributed by atoms with van der Waals surface area (Å²) in [7, 11) is -5.10. The molecule has 9 aliphatic rings. The van der Waals surface area contributed by atoms with Crippen molar-refractivity contribution in [1.82, 2.24) is 0 Å². The van der Waals surface area contributed by atoms with Crippen molar-refractivity contribution in [2.24, 2.45) is 34.5 Å². The van der Waals surface area contributed by atoms with Gasteiger partial charge in [-0.25, -0.2) is 8.42 Å². The number of ketones is 1. The standard InChI is InChI=1S/C50H80O27S.Na/c1-17(52)23-7-8-24-22-14-27(26-13-21(77-78(64,65)66)9-11-50(26,6)25(22)10-12-49(23,24)5)71-46-40(63)41(32(55)20(4)70-46)74-47-42(75-44-38(61)35(58)30(53)18(2)68-44)34(57)29(16-67-47)73-48-43(37(60)33(56)28(15-51)72-48)76-45-39(62)36(59)31(54)19(3)69-45;/h10,18-24,26-48,51,53-63H,7-9,11-16H2,1-6H3,(H,64,65,66);/q;+1/p-1/t18?,19?,20?,21-,22?,23+,24?,26+,27-,28?,29?,30?,31?,32?,33?,34?,35?,36?,37?,38?,39?,40?,41?,42?,43?,44?,45?,46?,47?,48?,49+,50+;/m0./s1. The molecule has 79 heavy (non-hydrogen) atoms. The van der Waals surface area contributed by atoms with Crippen molar-refractivity contribution in [2.45, 2.75) is 246 Å². The molecule has 448 valence electrons. The molecule has 0 aromatic heterocycles. The third-order valence-corrected chi connectivity index (χ3v) is 19.3. The van der Waals surface area contributed by atoms with Crippen LogP contribution in [0.3, 0.4) is 0 Å². The monoisotopic (exact) mass is 1170 g/mol. The van der Waals surface area contributed by atoms with E-state index in [4.69, 9.17) is 51.6 Å². The fourth-order valence-corrected chi connectivity index (χ4v) is 14.9. The van der Waals surface area contributed by atoms with Gasteiger partial charge in [0.15, 0.2) is 31.5 Å². The second-order valence-electron chi connectivity index (χ2n) is 23.6. The number of fused-ring (bicyclic) bond motifs is 5. The van der Waals surface area contributed by atoms with Crippen molar-refractivity contribution in [3.8, 4) is 0 Å². The van der Waals surface area contributed by atoms with E-state index in [9.17, 15) is 79.0 Å². The molecule has 26 unspecified atom stereocenters. The van der Waals surface area contributed by atoms with Crippen molar-refractivity contribution in [2.75, 3.05) is 13.2 Å². The van der Waals surface area contributed by atoms with Gasteiger partial charge in [-0.05, 0) is 101 Å². The Bertz CT molecular complexity index is 2240. The molecule has 4 aliphatic carbocycles. The van der Waals surface area contributed by atoms with Gasteiger partial charge < -0.3 is 113 Å². The first-order valence-corrected chi connectivity index (χ1v) is 28.4. The Balaban J connectivity index is 0.00000822. The molecule has 29 heteroatoms. The van der Waals surface area contributed by atoms with Gasteiger partial charge in [0.05, 0.1) is 43.7 Å². The number of aliphatic hydroxyl groups is 12. The Morgan fingerprint density at radius 1 is 0.620 bits per heavy atom. The molecule has 3 saturated carbocycles. The molecule has 0 bridgehead atoms. The van der Waals surface area contributed by atoms with Crippen LogP contribution < -0.4 is 29.6 Å². The molecular weight excluding hydrogens is 1090 g/mol. The number of carbonyl (C=O) groups excluding carboxylic acids is 1. The quantitative estimate of drug-likeness (QED) is 0.0333. The van der Waals surface area contributed by atoms with E-state index in [1.807, 2.05) is 0 Å². The number of allylic oxidation sites excluding steroid dienone is 2. The van der Waals surface area contributed by atoms with Gasteiger partial charge in [0.25, 0.3) is 0 Å². The van der Waals surface area contributed by atoms with Gasteiger partial charge in [-0.1, -0.05) is 25.5 Å². The predicted octanol–water partition coefficient (Wildman–Crippen LogP) is -7.18. The zero-order chi connectivity index (χ0) is 56.8. The number of ether oxygens (including phenoxy) is 10. The van der Waals surface area contributed by atoms with E-state index in [1.165, 1.54) is 20.8 Å². The molecule has 12 N–H and O–H groups in total. The Labute approximate surface area is 479 Å². The summed E-state index contributed by atoms with van der Waals surface area (Å²) >= 11 is 0. The third-order valence-electron chi connectivity index (χ3n) is 18.8. The number of hydrogen-bond acceptors (Lipinski definition) is 27. The van der Waals surface area contributed by atoms with E-state index in [0.29, 0.717) is 25.7 Å². The first-order valence-electron chi connectivity index (χ1n) is 27.0. The van der Waals surface area contributed by atoms with Crippen molar-refractivity contribution in [3.05, 3.63) is 11.6 Å². The summed E-state index contributed by atoms with van der Waals surface area (Å²) in [5.41, 5.74) is 0.201. The van der Waals surface area contributed by atoms with Crippen LogP contribution >= 0.6 is 0 Å². The molecule has 0 aromatic carbocycles. The van der Waals surface area contributed by atoms with E-state index < -0.39 is 195 Å². The molecule has 5 aliphatic heterocycles. The van der Waals surface area contributed by atoms with Crippen LogP contribution in [-0.2, 0) is 66.7 Å². The summed E-state index contributed by atoms with van der Waals surface area (Å²) in [6.07, 6.45) is -37.0. The topological polar surface area (TPSA) is 419 Å². The minimum absolute atomic E-state index is 0. The van der Waals surface area contributed by atoms with Crippen LogP contribution in [0.5, 0.6) is 0 Å². The van der Waals surface area contributed by atoms with Crippen molar-refractivity contribution >= 4 is 16.2 Å². The summed E-state index contributed by atoms with van der Waals surface area (Å²) in [6, 6.07) is 0. The predicted molar refractivity (Wildman–Crippen MR) is 255 cm³/mol. The number of Topliss-reactive ketones (excluding diaryl/α,β-unsaturated/α-hetero) is 1. The first kappa shape index (κ1) is 64.4. The first-order chi connectivity index (χ1) is 36.6. The van der Waals surface area contributed by atoms with Gasteiger partial charge in [-0.3, -0.25) is 8.98 Å². The fourth-order valence-electron chi connectivity index (χ4n) is 14.4. The van der Waals surface area contributed by atoms with Gasteiger partial charge in [0.2, 0.25) is 10.4 Å². The average Bonchev–Trinajstić information content (AvgIpc) is 3.76. The zero-order valence-corrected chi connectivity index (χ0v) is 48.0. The molecular formula is C50H79NaO27S. The molecule has 0 aromatic rings. The van der Waals surface area contributed by atoms with Gasteiger partial charge in [0.1, 0.15) is 103 Å². The van der Waals surface area contributed by atoms with E-state index >= 15 is 0 Å². The van der Waals surface area contributed by atoms with E-state index in [-0.39, 0.29) is 71.4 Å². The summed E-state index contributed by atoms with van der Waals surface area (Å²) < 4.78 is 101. The summed E-state index contributed by atoms with van der Waals surface area (Å²) in [5, 5.41) is 132. The molecule has 9 rings (SSSR count). The normalized spacial score (nSPS) is 53.2. The van der Waals surface area contributed by atoms with Crippen LogP contribution in [-0.4, -0.2) is 253 Å². The summed E-state index contributed by atoms with van der Waals surface area (Å²) in [6.45, 7) is 8.50. The Morgan fingerprint density at radius 2 is 1.16 bits per heavy atom. The Kier molecular flexibility index (Phi) is 20.4. The molecule has 5 saturated heterocycles. The van der Waals surface area contributed by atoms with E-state index in [1.54, 1.807) is 6.92 Å². The van der Waals surface area contributed by atoms with Gasteiger partial charge in [-0.2, -0.15) is 0 Å².